The number of benzene rings is 1. The van der Waals surface area contributed by atoms with E-state index < -0.39 is 13.5 Å². The van der Waals surface area contributed by atoms with Crippen molar-refractivity contribution in [2.45, 2.75) is 6.61 Å². The Kier molecular flexibility index (Phi) is 6.56. The average Bonchev–Trinajstić information content (AvgIpc) is 2.35. The lowest BCUT2D eigenvalue weighted by Crippen LogP contribution is -2.17. The minimum absolute atomic E-state index is 0.0103. The summed E-state index contributed by atoms with van der Waals surface area (Å²) in [7, 11) is -4.14. The quantitative estimate of drug-likeness (QED) is 0.330. The average molecular weight is 285 g/mol. The van der Waals surface area contributed by atoms with Gasteiger partial charge in [-0.25, -0.2) is 0 Å². The number of hydrogen-bond acceptors (Lipinski definition) is 3. The normalized spacial score (nSPS) is 12.7. The summed E-state index contributed by atoms with van der Waals surface area (Å²) in [5.41, 5.74) is 9.21. The molecule has 0 aliphatic heterocycles. The van der Waals surface area contributed by atoms with Gasteiger partial charge >= 0.3 is 7.60 Å². The predicted octanol–water partition coefficient (Wildman–Crippen LogP) is 2.31. The van der Waals surface area contributed by atoms with E-state index in [1.807, 2.05) is 30.3 Å². The van der Waals surface area contributed by atoms with E-state index >= 15 is 0 Å². The molecule has 0 spiro atoms. The van der Waals surface area contributed by atoms with E-state index in [1.165, 1.54) is 0 Å². The molecular formula is C11H16N3O4P. The first-order valence-corrected chi connectivity index (χ1v) is 7.48. The minimum atomic E-state index is -4.14. The maximum atomic E-state index is 10.9. The van der Waals surface area contributed by atoms with E-state index in [0.717, 1.165) is 5.56 Å². The van der Waals surface area contributed by atoms with Crippen molar-refractivity contribution in [1.82, 2.24) is 0 Å². The van der Waals surface area contributed by atoms with E-state index in [4.69, 9.17) is 20.1 Å². The lowest BCUT2D eigenvalue weighted by molar-refractivity contribution is 0.0936. The van der Waals surface area contributed by atoms with Gasteiger partial charge in [-0.3, -0.25) is 4.57 Å². The molecule has 0 saturated heterocycles. The van der Waals surface area contributed by atoms with Gasteiger partial charge in [-0.2, -0.15) is 0 Å². The second-order valence-corrected chi connectivity index (χ2v) is 5.82. The van der Waals surface area contributed by atoms with Gasteiger partial charge in [-0.1, -0.05) is 35.4 Å². The maximum absolute atomic E-state index is 10.9. The highest BCUT2D eigenvalue weighted by Gasteiger charge is 2.21. The summed E-state index contributed by atoms with van der Waals surface area (Å²) in [6.45, 7) is 0.504. The summed E-state index contributed by atoms with van der Waals surface area (Å²) in [6, 6.07) is 9.44. The van der Waals surface area contributed by atoms with Crippen LogP contribution in [0, 0.1) is 5.92 Å². The molecule has 0 fully saturated rings. The standard InChI is InChI=1S/C11H16N3O4P/c12-14-13-6-11(9-19(15,16)17)8-18-7-10-4-2-1-3-5-10/h1-5,11H,6-9H2,(H2,15,16,17). The third kappa shape index (κ3) is 7.62. The molecule has 0 bridgehead atoms. The van der Waals surface area contributed by atoms with Gasteiger partial charge in [-0.15, -0.1) is 0 Å². The highest BCUT2D eigenvalue weighted by Crippen LogP contribution is 2.37. The molecule has 19 heavy (non-hydrogen) atoms. The molecule has 2 N–H and O–H groups in total. The Hall–Kier alpha value is -1.36. The van der Waals surface area contributed by atoms with Crippen molar-refractivity contribution in [3.63, 3.8) is 0 Å². The van der Waals surface area contributed by atoms with Gasteiger partial charge in [0, 0.05) is 11.5 Å². The molecule has 7 nitrogen and oxygen atoms in total. The fourth-order valence-corrected chi connectivity index (χ4v) is 2.46. The van der Waals surface area contributed by atoms with Crippen molar-refractivity contribution in [3.8, 4) is 0 Å². The summed E-state index contributed by atoms with van der Waals surface area (Å²) < 4.78 is 16.3. The van der Waals surface area contributed by atoms with Crippen LogP contribution in [-0.4, -0.2) is 29.1 Å². The largest absolute Gasteiger partial charge is 0.376 e. The Morgan fingerprint density at radius 3 is 2.63 bits per heavy atom. The zero-order valence-corrected chi connectivity index (χ0v) is 11.2. The zero-order valence-electron chi connectivity index (χ0n) is 10.3. The molecule has 0 saturated carbocycles. The number of azide groups is 1. The Bertz CT molecular complexity index is 470. The van der Waals surface area contributed by atoms with Gasteiger partial charge in [0.25, 0.3) is 0 Å². The van der Waals surface area contributed by atoms with Gasteiger partial charge in [0.05, 0.1) is 19.4 Å². The van der Waals surface area contributed by atoms with Gasteiger partial charge in [0.15, 0.2) is 0 Å². The number of ether oxygens (including phenoxy) is 1. The molecule has 104 valence electrons. The molecule has 1 aromatic rings. The Morgan fingerprint density at radius 1 is 1.37 bits per heavy atom. The first-order chi connectivity index (χ1) is 9.01. The molecule has 0 amide bonds. The maximum Gasteiger partial charge on any atom is 0.325 e. The molecule has 1 rings (SSSR count). The van der Waals surface area contributed by atoms with E-state index in [2.05, 4.69) is 10.0 Å². The first kappa shape index (κ1) is 15.7. The monoisotopic (exact) mass is 285 g/mol. The second kappa shape index (κ2) is 7.94. The smallest absolute Gasteiger partial charge is 0.325 e. The zero-order chi connectivity index (χ0) is 14.1. The van der Waals surface area contributed by atoms with E-state index in [0.29, 0.717) is 6.61 Å². The van der Waals surface area contributed by atoms with E-state index in [9.17, 15) is 4.57 Å². The Balaban J connectivity index is 2.44. The number of hydrogen-bond donors (Lipinski definition) is 2. The summed E-state index contributed by atoms with van der Waals surface area (Å²) in [6.07, 6.45) is -0.346. The Labute approximate surface area is 111 Å². The van der Waals surface area contributed by atoms with Crippen LogP contribution in [0.15, 0.2) is 35.4 Å². The van der Waals surface area contributed by atoms with Crippen LogP contribution in [0.5, 0.6) is 0 Å². The van der Waals surface area contributed by atoms with Gasteiger partial charge < -0.3 is 14.5 Å². The van der Waals surface area contributed by atoms with Crippen molar-refractivity contribution < 1.29 is 19.1 Å². The predicted molar refractivity (Wildman–Crippen MR) is 70.5 cm³/mol. The molecule has 1 atom stereocenters. The third-order valence-corrected chi connectivity index (χ3v) is 3.36. The van der Waals surface area contributed by atoms with Crippen molar-refractivity contribution in [3.05, 3.63) is 46.3 Å². The summed E-state index contributed by atoms with van der Waals surface area (Å²) in [5, 5.41) is 3.34. The topological polar surface area (TPSA) is 116 Å². The van der Waals surface area contributed by atoms with E-state index in [-0.39, 0.29) is 19.3 Å². The van der Waals surface area contributed by atoms with Crippen LogP contribution in [-0.2, 0) is 15.9 Å². The molecule has 0 radical (unpaired) electrons. The molecule has 1 aromatic carbocycles. The SMILES string of the molecule is [N-]=[N+]=NCC(COCc1ccccc1)CP(=O)(O)O. The highest BCUT2D eigenvalue weighted by molar-refractivity contribution is 7.51. The van der Waals surface area contributed by atoms with E-state index in [1.54, 1.807) is 0 Å². The van der Waals surface area contributed by atoms with Crippen LogP contribution in [0.4, 0.5) is 0 Å². The minimum Gasteiger partial charge on any atom is -0.376 e. The second-order valence-electron chi connectivity index (χ2n) is 4.13. The first-order valence-electron chi connectivity index (χ1n) is 5.68. The summed E-state index contributed by atoms with van der Waals surface area (Å²) >= 11 is 0. The number of rotatable bonds is 8. The molecule has 0 aliphatic carbocycles. The molecule has 0 aromatic heterocycles. The van der Waals surface area contributed by atoms with Crippen LogP contribution < -0.4 is 0 Å². The number of nitrogens with zero attached hydrogens (tertiary/aromatic N) is 3. The lowest BCUT2D eigenvalue weighted by atomic mass is 10.2. The van der Waals surface area contributed by atoms with Crippen molar-refractivity contribution in [2.24, 2.45) is 11.0 Å². The fraction of sp³-hybridized carbons (Fsp3) is 0.455. The highest BCUT2D eigenvalue weighted by atomic mass is 31.2. The van der Waals surface area contributed by atoms with Crippen LogP contribution in [0.1, 0.15) is 5.56 Å². The van der Waals surface area contributed by atoms with Gasteiger partial charge in [0.2, 0.25) is 0 Å². The molecule has 0 aliphatic rings. The molecule has 1 unspecified atom stereocenters. The van der Waals surface area contributed by atoms with Crippen molar-refractivity contribution in [2.75, 3.05) is 19.3 Å². The van der Waals surface area contributed by atoms with Crippen molar-refractivity contribution >= 4 is 7.60 Å². The summed E-state index contributed by atoms with van der Waals surface area (Å²) in [4.78, 5) is 20.4. The molecule has 0 heterocycles. The Morgan fingerprint density at radius 2 is 2.05 bits per heavy atom. The molecule has 8 heteroatoms. The van der Waals surface area contributed by atoms with Gasteiger partial charge in [-0.05, 0) is 17.0 Å². The van der Waals surface area contributed by atoms with Crippen molar-refractivity contribution in [1.29, 1.82) is 0 Å². The summed E-state index contributed by atoms with van der Waals surface area (Å²) in [5.74, 6) is -0.486. The van der Waals surface area contributed by atoms with Crippen LogP contribution >= 0.6 is 7.60 Å². The third-order valence-electron chi connectivity index (χ3n) is 2.36. The van der Waals surface area contributed by atoms with Gasteiger partial charge in [0.1, 0.15) is 0 Å². The van der Waals surface area contributed by atoms with Crippen LogP contribution in [0.3, 0.4) is 0 Å². The lowest BCUT2D eigenvalue weighted by Gasteiger charge is -2.15. The fourth-order valence-electron chi connectivity index (χ4n) is 1.57. The molecular weight excluding hydrogens is 269 g/mol. The van der Waals surface area contributed by atoms with Crippen LogP contribution in [0.2, 0.25) is 0 Å². The van der Waals surface area contributed by atoms with Crippen LogP contribution in [0.25, 0.3) is 10.4 Å².